The number of nitrogens with zero attached hydrogens (tertiary/aromatic N) is 1. The molecule has 0 unspecified atom stereocenters. The van der Waals surface area contributed by atoms with Gasteiger partial charge in [-0.1, -0.05) is 0 Å². The van der Waals surface area contributed by atoms with E-state index < -0.39 is 11.6 Å². The van der Waals surface area contributed by atoms with Crippen molar-refractivity contribution in [1.29, 1.82) is 0 Å². The fourth-order valence-corrected chi connectivity index (χ4v) is 2.06. The third kappa shape index (κ3) is 3.75. The van der Waals surface area contributed by atoms with Crippen molar-refractivity contribution in [3.63, 3.8) is 0 Å². The highest BCUT2D eigenvalue weighted by Gasteiger charge is 2.28. The van der Waals surface area contributed by atoms with Crippen LogP contribution in [0.4, 0.5) is 8.78 Å². The van der Waals surface area contributed by atoms with Gasteiger partial charge >= 0.3 is 0 Å². The van der Waals surface area contributed by atoms with Crippen molar-refractivity contribution in [2.45, 2.75) is 31.8 Å². The Balaban J connectivity index is 2.00. The average molecular weight is 240 g/mol. The molecule has 94 valence electrons. The Bertz CT molecular complexity index is 357. The van der Waals surface area contributed by atoms with Gasteiger partial charge in [0.1, 0.15) is 11.6 Å². The summed E-state index contributed by atoms with van der Waals surface area (Å²) in [6, 6.07) is 4.29. The van der Waals surface area contributed by atoms with Crippen LogP contribution in [0.25, 0.3) is 0 Å². The van der Waals surface area contributed by atoms with Gasteiger partial charge in [-0.2, -0.15) is 0 Å². The van der Waals surface area contributed by atoms with E-state index in [1.807, 2.05) is 0 Å². The summed E-state index contributed by atoms with van der Waals surface area (Å²) in [6.07, 6.45) is 3.29. The predicted molar refractivity (Wildman–Crippen MR) is 63.5 cm³/mol. The first-order valence-corrected chi connectivity index (χ1v) is 6.08. The third-order valence-electron chi connectivity index (χ3n) is 3.02. The Morgan fingerprint density at radius 1 is 1.18 bits per heavy atom. The van der Waals surface area contributed by atoms with Crippen LogP contribution in [0.1, 0.15) is 24.8 Å². The summed E-state index contributed by atoms with van der Waals surface area (Å²) in [5.74, 6) is -1.01. The van der Waals surface area contributed by atoms with Crippen LogP contribution < -0.4 is 5.73 Å². The zero-order valence-electron chi connectivity index (χ0n) is 9.83. The molecule has 0 heterocycles. The summed E-state index contributed by atoms with van der Waals surface area (Å²) in [5.41, 5.74) is 6.19. The maximum Gasteiger partial charge on any atom is 0.126 e. The van der Waals surface area contributed by atoms with Crippen LogP contribution in [-0.2, 0) is 6.54 Å². The SMILES string of the molecule is NCCCN(Cc1cc(F)cc(F)c1)C1CC1. The van der Waals surface area contributed by atoms with Crippen LogP contribution in [-0.4, -0.2) is 24.0 Å². The molecule has 1 aromatic carbocycles. The lowest BCUT2D eigenvalue weighted by Crippen LogP contribution is -2.28. The minimum Gasteiger partial charge on any atom is -0.330 e. The summed E-state index contributed by atoms with van der Waals surface area (Å²) in [4.78, 5) is 2.26. The van der Waals surface area contributed by atoms with Gasteiger partial charge in [-0.05, 0) is 50.0 Å². The highest BCUT2D eigenvalue weighted by Crippen LogP contribution is 2.28. The van der Waals surface area contributed by atoms with Gasteiger partial charge in [0.2, 0.25) is 0 Å². The Hall–Kier alpha value is -1.00. The number of halogens is 2. The van der Waals surface area contributed by atoms with Crippen molar-refractivity contribution >= 4 is 0 Å². The smallest absolute Gasteiger partial charge is 0.126 e. The van der Waals surface area contributed by atoms with Gasteiger partial charge in [0.05, 0.1) is 0 Å². The molecule has 0 aromatic heterocycles. The maximum atomic E-state index is 13.1. The monoisotopic (exact) mass is 240 g/mol. The van der Waals surface area contributed by atoms with Crippen molar-refractivity contribution in [3.8, 4) is 0 Å². The molecule has 1 aliphatic carbocycles. The molecule has 0 spiro atoms. The van der Waals surface area contributed by atoms with Gasteiger partial charge in [-0.3, -0.25) is 4.90 Å². The number of nitrogens with two attached hydrogens (primary N) is 1. The number of rotatable bonds is 6. The summed E-state index contributed by atoms with van der Waals surface area (Å²) in [6.45, 7) is 2.17. The molecule has 2 rings (SSSR count). The first-order valence-electron chi connectivity index (χ1n) is 6.08. The summed E-state index contributed by atoms with van der Waals surface area (Å²) in [5, 5.41) is 0. The second-order valence-electron chi connectivity index (χ2n) is 4.62. The van der Waals surface area contributed by atoms with Crippen LogP contribution in [0, 0.1) is 11.6 Å². The molecule has 1 aromatic rings. The van der Waals surface area contributed by atoms with Gasteiger partial charge in [0, 0.05) is 18.7 Å². The van der Waals surface area contributed by atoms with E-state index in [0.717, 1.165) is 19.0 Å². The highest BCUT2D eigenvalue weighted by atomic mass is 19.1. The molecule has 1 fully saturated rings. The molecular formula is C13H18F2N2. The molecular weight excluding hydrogens is 222 g/mol. The highest BCUT2D eigenvalue weighted by molar-refractivity contribution is 5.18. The zero-order valence-corrected chi connectivity index (χ0v) is 9.83. The van der Waals surface area contributed by atoms with E-state index in [9.17, 15) is 8.78 Å². The minimum absolute atomic E-state index is 0.505. The summed E-state index contributed by atoms with van der Waals surface area (Å²) < 4.78 is 26.1. The normalized spacial score (nSPS) is 15.5. The molecule has 4 heteroatoms. The fraction of sp³-hybridized carbons (Fsp3) is 0.538. The van der Waals surface area contributed by atoms with Crippen molar-refractivity contribution in [2.24, 2.45) is 5.73 Å². The van der Waals surface area contributed by atoms with E-state index in [1.54, 1.807) is 0 Å². The zero-order chi connectivity index (χ0) is 12.3. The van der Waals surface area contributed by atoms with Gasteiger partial charge in [0.25, 0.3) is 0 Å². The van der Waals surface area contributed by atoms with Crippen molar-refractivity contribution in [1.82, 2.24) is 4.90 Å². The Morgan fingerprint density at radius 3 is 2.35 bits per heavy atom. The van der Waals surface area contributed by atoms with E-state index >= 15 is 0 Å². The summed E-state index contributed by atoms with van der Waals surface area (Å²) in [7, 11) is 0. The van der Waals surface area contributed by atoms with Crippen LogP contribution >= 0.6 is 0 Å². The first kappa shape index (κ1) is 12.5. The lowest BCUT2D eigenvalue weighted by molar-refractivity contribution is 0.252. The molecule has 0 bridgehead atoms. The summed E-state index contributed by atoms with van der Waals surface area (Å²) >= 11 is 0. The van der Waals surface area contributed by atoms with E-state index in [-0.39, 0.29) is 0 Å². The molecule has 2 nitrogen and oxygen atoms in total. The first-order chi connectivity index (χ1) is 8.19. The molecule has 1 aliphatic rings. The van der Waals surface area contributed by atoms with E-state index in [1.165, 1.54) is 25.0 Å². The maximum absolute atomic E-state index is 13.1. The number of hydrogen-bond acceptors (Lipinski definition) is 2. The molecule has 1 saturated carbocycles. The Labute approximate surface area is 100 Å². The predicted octanol–water partition coefficient (Wildman–Crippen LogP) is 2.28. The topological polar surface area (TPSA) is 29.3 Å². The molecule has 0 atom stereocenters. The van der Waals surface area contributed by atoms with Crippen molar-refractivity contribution < 1.29 is 8.78 Å². The van der Waals surface area contributed by atoms with Crippen LogP contribution in [0.3, 0.4) is 0 Å². The number of benzene rings is 1. The largest absolute Gasteiger partial charge is 0.330 e. The molecule has 0 radical (unpaired) electrons. The standard InChI is InChI=1S/C13H18F2N2/c14-11-6-10(7-12(15)8-11)9-17(5-1-4-16)13-2-3-13/h6-8,13H,1-5,9,16H2. The number of hydrogen-bond donors (Lipinski definition) is 1. The van der Waals surface area contributed by atoms with Gasteiger partial charge < -0.3 is 5.73 Å². The van der Waals surface area contributed by atoms with Crippen molar-refractivity contribution in [2.75, 3.05) is 13.1 Å². The molecule has 2 N–H and O–H groups in total. The molecule has 0 saturated heterocycles. The average Bonchev–Trinajstić information content (AvgIpc) is 3.06. The Kier molecular flexibility index (Phi) is 4.07. The van der Waals surface area contributed by atoms with Gasteiger partial charge in [-0.25, -0.2) is 8.78 Å². The molecule has 0 amide bonds. The van der Waals surface area contributed by atoms with Crippen molar-refractivity contribution in [3.05, 3.63) is 35.4 Å². The second kappa shape index (κ2) is 5.56. The minimum atomic E-state index is -0.505. The van der Waals surface area contributed by atoms with Crippen LogP contribution in [0.15, 0.2) is 18.2 Å². The van der Waals surface area contributed by atoms with E-state index in [0.29, 0.717) is 24.7 Å². The quantitative estimate of drug-likeness (QED) is 0.826. The molecule has 17 heavy (non-hydrogen) atoms. The van der Waals surface area contributed by atoms with E-state index in [4.69, 9.17) is 5.73 Å². The van der Waals surface area contributed by atoms with Gasteiger partial charge in [0.15, 0.2) is 0 Å². The lowest BCUT2D eigenvalue weighted by Gasteiger charge is -2.21. The van der Waals surface area contributed by atoms with E-state index in [2.05, 4.69) is 4.90 Å². The molecule has 0 aliphatic heterocycles. The fourth-order valence-electron chi connectivity index (χ4n) is 2.06. The lowest BCUT2D eigenvalue weighted by atomic mass is 10.2. The second-order valence-corrected chi connectivity index (χ2v) is 4.62. The van der Waals surface area contributed by atoms with Crippen LogP contribution in [0.2, 0.25) is 0 Å². The third-order valence-corrected chi connectivity index (χ3v) is 3.02. The Morgan fingerprint density at radius 2 is 1.82 bits per heavy atom. The van der Waals surface area contributed by atoms with Crippen LogP contribution in [0.5, 0.6) is 0 Å². The van der Waals surface area contributed by atoms with Gasteiger partial charge in [-0.15, -0.1) is 0 Å².